The minimum absolute atomic E-state index is 0.0271. The van der Waals surface area contributed by atoms with Gasteiger partial charge in [0.2, 0.25) is 0 Å². The van der Waals surface area contributed by atoms with Crippen molar-refractivity contribution in [3.05, 3.63) is 42.0 Å². The molecule has 0 fully saturated rings. The highest BCUT2D eigenvalue weighted by molar-refractivity contribution is 7.98. The van der Waals surface area contributed by atoms with Gasteiger partial charge in [0, 0.05) is 25.2 Å². The third kappa shape index (κ3) is 2.43. The van der Waals surface area contributed by atoms with Crippen molar-refractivity contribution in [2.45, 2.75) is 17.5 Å². The lowest BCUT2D eigenvalue weighted by atomic mass is 10.3. The quantitative estimate of drug-likeness (QED) is 0.818. The Morgan fingerprint density at radius 1 is 1.38 bits per heavy atom. The van der Waals surface area contributed by atoms with E-state index in [4.69, 9.17) is 5.11 Å². The number of aliphatic hydroxyl groups excluding tert-OH is 1. The Morgan fingerprint density at radius 3 is 2.75 bits per heavy atom. The van der Waals surface area contributed by atoms with Crippen molar-refractivity contribution in [1.29, 1.82) is 0 Å². The summed E-state index contributed by atoms with van der Waals surface area (Å²) in [5.41, 5.74) is 2.05. The zero-order valence-electron chi connectivity index (χ0n) is 9.00. The third-order valence-electron chi connectivity index (χ3n) is 2.32. The van der Waals surface area contributed by atoms with E-state index in [1.54, 1.807) is 30.4 Å². The molecule has 0 bridgehead atoms. The maximum Gasteiger partial charge on any atom is 0.168 e. The Kier molecular flexibility index (Phi) is 3.58. The van der Waals surface area contributed by atoms with Gasteiger partial charge >= 0.3 is 0 Å². The van der Waals surface area contributed by atoms with Gasteiger partial charge in [0.25, 0.3) is 0 Å². The zero-order chi connectivity index (χ0) is 11.4. The van der Waals surface area contributed by atoms with Gasteiger partial charge in [0.1, 0.15) is 0 Å². The molecule has 16 heavy (non-hydrogen) atoms. The van der Waals surface area contributed by atoms with Crippen LogP contribution in [0.5, 0.6) is 0 Å². The Bertz CT molecular complexity index is 456. The van der Waals surface area contributed by atoms with E-state index in [2.05, 4.69) is 9.97 Å². The van der Waals surface area contributed by atoms with E-state index >= 15 is 0 Å². The lowest BCUT2D eigenvalue weighted by Gasteiger charge is -2.03. The second-order valence-electron chi connectivity index (χ2n) is 3.39. The summed E-state index contributed by atoms with van der Waals surface area (Å²) in [7, 11) is 1.91. The lowest BCUT2D eigenvalue weighted by molar-refractivity contribution is 0.271. The van der Waals surface area contributed by atoms with Crippen molar-refractivity contribution in [2.75, 3.05) is 0 Å². The van der Waals surface area contributed by atoms with E-state index in [1.807, 2.05) is 23.7 Å². The van der Waals surface area contributed by atoms with Crippen LogP contribution in [0, 0.1) is 0 Å². The Balaban J connectivity index is 2.02. The summed E-state index contributed by atoms with van der Waals surface area (Å²) in [6.07, 6.45) is 5.27. The predicted octanol–water partition coefficient (Wildman–Crippen LogP) is 1.60. The average Bonchev–Trinajstić information content (AvgIpc) is 2.69. The van der Waals surface area contributed by atoms with E-state index in [0.29, 0.717) is 0 Å². The Labute approximate surface area is 98.4 Å². The van der Waals surface area contributed by atoms with Crippen LogP contribution in [0.1, 0.15) is 11.3 Å². The molecule has 4 nitrogen and oxygen atoms in total. The van der Waals surface area contributed by atoms with E-state index in [0.717, 1.165) is 16.6 Å². The van der Waals surface area contributed by atoms with Gasteiger partial charge in [-0.1, -0.05) is 11.8 Å². The largest absolute Gasteiger partial charge is 0.390 e. The van der Waals surface area contributed by atoms with Gasteiger partial charge in [-0.15, -0.1) is 0 Å². The van der Waals surface area contributed by atoms with Crippen LogP contribution in [-0.2, 0) is 19.4 Å². The molecule has 0 aliphatic carbocycles. The summed E-state index contributed by atoms with van der Waals surface area (Å²) >= 11 is 1.65. The van der Waals surface area contributed by atoms with E-state index in [1.165, 1.54) is 5.56 Å². The fourth-order valence-corrected chi connectivity index (χ4v) is 2.26. The SMILES string of the molecule is Cn1c(CO)cnc1SCc1ccncc1. The van der Waals surface area contributed by atoms with Crippen LogP contribution in [0.4, 0.5) is 0 Å². The lowest BCUT2D eigenvalue weighted by Crippen LogP contribution is -1.97. The molecular weight excluding hydrogens is 222 g/mol. The fraction of sp³-hybridized carbons (Fsp3) is 0.273. The van der Waals surface area contributed by atoms with Crippen molar-refractivity contribution >= 4 is 11.8 Å². The molecule has 0 unspecified atom stereocenters. The maximum atomic E-state index is 9.04. The highest BCUT2D eigenvalue weighted by Crippen LogP contribution is 2.21. The number of hydrogen-bond acceptors (Lipinski definition) is 4. The van der Waals surface area contributed by atoms with Crippen LogP contribution < -0.4 is 0 Å². The zero-order valence-corrected chi connectivity index (χ0v) is 9.81. The van der Waals surface area contributed by atoms with Gasteiger partial charge in [0.05, 0.1) is 18.5 Å². The van der Waals surface area contributed by atoms with Crippen LogP contribution in [0.2, 0.25) is 0 Å². The van der Waals surface area contributed by atoms with Crippen LogP contribution in [-0.4, -0.2) is 19.6 Å². The first kappa shape index (κ1) is 11.2. The minimum atomic E-state index is 0.0271. The van der Waals surface area contributed by atoms with Gasteiger partial charge < -0.3 is 9.67 Å². The average molecular weight is 235 g/mol. The highest BCUT2D eigenvalue weighted by Gasteiger charge is 2.05. The molecule has 0 amide bonds. The monoisotopic (exact) mass is 235 g/mol. The number of thioether (sulfide) groups is 1. The fourth-order valence-electron chi connectivity index (χ4n) is 1.33. The van der Waals surface area contributed by atoms with Gasteiger partial charge in [-0.25, -0.2) is 4.98 Å². The van der Waals surface area contributed by atoms with Gasteiger partial charge in [-0.05, 0) is 17.7 Å². The molecule has 2 aromatic rings. The Hall–Kier alpha value is -1.33. The number of hydrogen-bond donors (Lipinski definition) is 1. The van der Waals surface area contributed by atoms with Crippen molar-refractivity contribution in [2.24, 2.45) is 7.05 Å². The molecule has 0 saturated carbocycles. The standard InChI is InChI=1S/C11H13N3OS/c1-14-10(7-15)6-13-11(14)16-8-9-2-4-12-5-3-9/h2-6,15H,7-8H2,1H3. The van der Waals surface area contributed by atoms with Crippen LogP contribution >= 0.6 is 11.8 Å². The number of pyridine rings is 1. The van der Waals surface area contributed by atoms with E-state index in [9.17, 15) is 0 Å². The van der Waals surface area contributed by atoms with Crippen LogP contribution in [0.3, 0.4) is 0 Å². The number of aliphatic hydroxyl groups is 1. The first-order valence-electron chi connectivity index (χ1n) is 4.94. The summed E-state index contributed by atoms with van der Waals surface area (Å²) in [6.45, 7) is 0.0271. The molecule has 2 aromatic heterocycles. The first-order chi connectivity index (χ1) is 7.81. The smallest absolute Gasteiger partial charge is 0.168 e. The summed E-state index contributed by atoms with van der Waals surface area (Å²) in [6, 6.07) is 3.98. The molecule has 2 rings (SSSR count). The molecule has 5 heteroatoms. The predicted molar refractivity (Wildman–Crippen MR) is 62.9 cm³/mol. The number of nitrogens with zero attached hydrogens (tertiary/aromatic N) is 3. The van der Waals surface area contributed by atoms with Gasteiger partial charge in [-0.3, -0.25) is 4.98 Å². The van der Waals surface area contributed by atoms with Crippen molar-refractivity contribution < 1.29 is 5.11 Å². The molecule has 0 aromatic carbocycles. The van der Waals surface area contributed by atoms with E-state index < -0.39 is 0 Å². The number of aromatic nitrogens is 3. The van der Waals surface area contributed by atoms with Crippen LogP contribution in [0.15, 0.2) is 35.9 Å². The second kappa shape index (κ2) is 5.14. The van der Waals surface area contributed by atoms with E-state index in [-0.39, 0.29) is 6.61 Å². The highest BCUT2D eigenvalue weighted by atomic mass is 32.2. The second-order valence-corrected chi connectivity index (χ2v) is 4.34. The van der Waals surface area contributed by atoms with Crippen molar-refractivity contribution in [3.8, 4) is 0 Å². The topological polar surface area (TPSA) is 50.9 Å². The number of imidazole rings is 1. The summed E-state index contributed by atoms with van der Waals surface area (Å²) < 4.78 is 1.91. The molecular formula is C11H13N3OS. The molecule has 0 aliphatic rings. The summed E-state index contributed by atoms with van der Waals surface area (Å²) in [5.74, 6) is 0.859. The third-order valence-corrected chi connectivity index (χ3v) is 3.44. The van der Waals surface area contributed by atoms with Gasteiger partial charge in [0.15, 0.2) is 5.16 Å². The van der Waals surface area contributed by atoms with Crippen molar-refractivity contribution in [1.82, 2.24) is 14.5 Å². The molecule has 0 radical (unpaired) electrons. The van der Waals surface area contributed by atoms with Gasteiger partial charge in [-0.2, -0.15) is 0 Å². The first-order valence-corrected chi connectivity index (χ1v) is 5.93. The molecule has 0 atom stereocenters. The normalized spacial score (nSPS) is 10.6. The molecule has 1 N–H and O–H groups in total. The molecule has 0 aliphatic heterocycles. The summed E-state index contributed by atoms with van der Waals surface area (Å²) in [5, 5.41) is 9.96. The minimum Gasteiger partial charge on any atom is -0.390 e. The molecule has 2 heterocycles. The maximum absolute atomic E-state index is 9.04. The summed E-state index contributed by atoms with van der Waals surface area (Å²) in [4.78, 5) is 8.22. The Morgan fingerprint density at radius 2 is 2.12 bits per heavy atom. The number of rotatable bonds is 4. The molecule has 0 saturated heterocycles. The molecule has 84 valence electrons. The molecule has 0 spiro atoms. The van der Waals surface area contributed by atoms with Crippen molar-refractivity contribution in [3.63, 3.8) is 0 Å². The van der Waals surface area contributed by atoms with Crippen LogP contribution in [0.25, 0.3) is 0 Å².